The minimum atomic E-state index is -2.49. The molecule has 2 saturated heterocycles. The van der Waals surface area contributed by atoms with Crippen LogP contribution in [0.2, 0.25) is 0 Å². The van der Waals surface area contributed by atoms with Gasteiger partial charge in [-0.05, 0) is 20.8 Å². The fourth-order valence-corrected chi connectivity index (χ4v) is 1.89. The number of hydrogen-bond acceptors (Lipinski definition) is 2. The highest BCUT2D eigenvalue weighted by Crippen LogP contribution is 2.44. The van der Waals surface area contributed by atoms with E-state index in [4.69, 9.17) is 0 Å². The molecule has 2 fully saturated rings. The molecule has 0 aromatic carbocycles. The van der Waals surface area contributed by atoms with Gasteiger partial charge in [-0.3, -0.25) is 10.2 Å². The van der Waals surface area contributed by atoms with E-state index in [1.165, 1.54) is 0 Å². The molecule has 0 bridgehead atoms. The Kier molecular flexibility index (Phi) is 1.60. The maximum absolute atomic E-state index is 13.1. The maximum atomic E-state index is 13.1. The van der Waals surface area contributed by atoms with Gasteiger partial charge in [-0.15, -0.1) is 0 Å². The molecule has 76 valence electrons. The molecule has 2 heterocycles. The fraction of sp³-hybridized carbons (Fsp3) is 1.00. The van der Waals surface area contributed by atoms with E-state index in [0.717, 1.165) is 0 Å². The van der Waals surface area contributed by atoms with E-state index in [-0.39, 0.29) is 12.1 Å². The molecule has 2 aliphatic heterocycles. The van der Waals surface area contributed by atoms with Gasteiger partial charge in [0.15, 0.2) is 0 Å². The minimum absolute atomic E-state index is 0.0125. The highest BCUT2D eigenvalue weighted by Gasteiger charge is 2.68. The van der Waals surface area contributed by atoms with Crippen molar-refractivity contribution in [2.24, 2.45) is 0 Å². The van der Waals surface area contributed by atoms with Crippen molar-refractivity contribution in [2.75, 3.05) is 19.6 Å². The predicted molar refractivity (Wildman–Crippen MR) is 47.0 cm³/mol. The third kappa shape index (κ3) is 1.12. The first-order valence-corrected chi connectivity index (χ1v) is 4.65. The van der Waals surface area contributed by atoms with Crippen LogP contribution in [0.5, 0.6) is 0 Å². The van der Waals surface area contributed by atoms with E-state index in [1.807, 2.05) is 0 Å². The summed E-state index contributed by atoms with van der Waals surface area (Å²) >= 11 is 0. The zero-order chi connectivity index (χ0) is 9.91. The molecule has 2 nitrogen and oxygen atoms in total. The van der Waals surface area contributed by atoms with Crippen LogP contribution in [-0.2, 0) is 0 Å². The van der Waals surface area contributed by atoms with Gasteiger partial charge in [-0.2, -0.15) is 0 Å². The summed E-state index contributed by atoms with van der Waals surface area (Å²) in [5.74, 6) is -2.49. The quantitative estimate of drug-likeness (QED) is 0.615. The number of nitrogens with zero attached hydrogens (tertiary/aromatic N) is 1. The molecular formula is C9H16F2N2. The van der Waals surface area contributed by atoms with Crippen LogP contribution in [0.3, 0.4) is 0 Å². The van der Waals surface area contributed by atoms with Gasteiger partial charge >= 0.3 is 0 Å². The van der Waals surface area contributed by atoms with Gasteiger partial charge in [0, 0.05) is 18.6 Å². The molecule has 13 heavy (non-hydrogen) atoms. The van der Waals surface area contributed by atoms with Crippen molar-refractivity contribution in [1.82, 2.24) is 10.2 Å². The lowest BCUT2D eigenvalue weighted by Gasteiger charge is -2.63. The largest absolute Gasteiger partial charge is 0.298 e. The van der Waals surface area contributed by atoms with Crippen molar-refractivity contribution in [3.8, 4) is 0 Å². The van der Waals surface area contributed by atoms with Crippen LogP contribution < -0.4 is 5.32 Å². The third-order valence-corrected chi connectivity index (χ3v) is 3.22. The highest BCUT2D eigenvalue weighted by molar-refractivity contribution is 5.20. The molecule has 1 N–H and O–H groups in total. The lowest BCUT2D eigenvalue weighted by atomic mass is 9.74. The van der Waals surface area contributed by atoms with Gasteiger partial charge in [0.05, 0.1) is 6.54 Å². The monoisotopic (exact) mass is 190 g/mol. The standard InChI is InChI=1S/C9H16F2N2/c1-7(2,3)13-5-8(6-13)9(10,11)4-12-8/h12H,4-6H2,1-3H3. The number of likely N-dealkylation sites (tertiary alicyclic amines) is 1. The van der Waals surface area contributed by atoms with Crippen molar-refractivity contribution in [3.63, 3.8) is 0 Å². The van der Waals surface area contributed by atoms with Crippen LogP contribution in [0.1, 0.15) is 20.8 Å². The van der Waals surface area contributed by atoms with E-state index in [9.17, 15) is 8.78 Å². The van der Waals surface area contributed by atoms with Crippen molar-refractivity contribution >= 4 is 0 Å². The zero-order valence-corrected chi connectivity index (χ0v) is 8.32. The number of halogens is 2. The summed E-state index contributed by atoms with van der Waals surface area (Å²) in [6, 6.07) is 0. The molecule has 1 spiro atoms. The topological polar surface area (TPSA) is 15.3 Å². The SMILES string of the molecule is CC(C)(C)N1CC2(C1)NCC2(F)F. The minimum Gasteiger partial charge on any atom is -0.298 e. The summed E-state index contributed by atoms with van der Waals surface area (Å²) < 4.78 is 26.2. The molecule has 0 aromatic heterocycles. The molecule has 0 unspecified atom stereocenters. The van der Waals surface area contributed by atoms with Gasteiger partial charge in [0.25, 0.3) is 5.92 Å². The van der Waals surface area contributed by atoms with Crippen LogP contribution >= 0.6 is 0 Å². The molecule has 0 aromatic rings. The summed E-state index contributed by atoms with van der Waals surface area (Å²) in [6.45, 7) is 6.96. The fourth-order valence-electron chi connectivity index (χ4n) is 1.89. The van der Waals surface area contributed by atoms with Gasteiger partial charge in [0.1, 0.15) is 5.54 Å². The van der Waals surface area contributed by atoms with Crippen molar-refractivity contribution in [2.45, 2.75) is 37.8 Å². The molecule has 2 aliphatic rings. The van der Waals surface area contributed by atoms with Gasteiger partial charge in [0.2, 0.25) is 0 Å². The lowest BCUT2D eigenvalue weighted by Crippen LogP contribution is -2.88. The van der Waals surface area contributed by atoms with Gasteiger partial charge < -0.3 is 0 Å². The smallest absolute Gasteiger partial charge is 0.280 e. The summed E-state index contributed by atoms with van der Waals surface area (Å²) in [6.07, 6.45) is 0. The van der Waals surface area contributed by atoms with Crippen molar-refractivity contribution in [3.05, 3.63) is 0 Å². The zero-order valence-electron chi connectivity index (χ0n) is 8.32. The Morgan fingerprint density at radius 1 is 1.23 bits per heavy atom. The first-order valence-electron chi connectivity index (χ1n) is 4.65. The number of alkyl halides is 2. The summed E-state index contributed by atoms with van der Waals surface area (Å²) in [5.41, 5.74) is -0.876. The second kappa shape index (κ2) is 2.23. The summed E-state index contributed by atoms with van der Waals surface area (Å²) in [4.78, 5) is 2.08. The Labute approximate surface area is 77.3 Å². The number of rotatable bonds is 0. The molecule has 0 saturated carbocycles. The Bertz CT molecular complexity index is 226. The lowest BCUT2D eigenvalue weighted by molar-refractivity contribution is -0.223. The summed E-state index contributed by atoms with van der Waals surface area (Å²) in [7, 11) is 0. The van der Waals surface area contributed by atoms with Crippen LogP contribution in [0.25, 0.3) is 0 Å². The average Bonchev–Trinajstić information content (AvgIpc) is 1.78. The second-order valence-corrected chi connectivity index (χ2v) is 5.17. The number of hydrogen-bond donors (Lipinski definition) is 1. The van der Waals surface area contributed by atoms with Crippen LogP contribution in [0.4, 0.5) is 8.78 Å². The van der Waals surface area contributed by atoms with Crippen molar-refractivity contribution < 1.29 is 8.78 Å². The third-order valence-electron chi connectivity index (χ3n) is 3.22. The van der Waals surface area contributed by atoms with E-state index >= 15 is 0 Å². The Balaban J connectivity index is 1.98. The van der Waals surface area contributed by atoms with E-state index < -0.39 is 11.5 Å². The Morgan fingerprint density at radius 3 is 2.00 bits per heavy atom. The second-order valence-electron chi connectivity index (χ2n) is 5.17. The van der Waals surface area contributed by atoms with Crippen LogP contribution in [0.15, 0.2) is 0 Å². The number of nitrogens with one attached hydrogen (secondary N) is 1. The normalized spacial score (nSPS) is 31.2. The first kappa shape index (κ1) is 9.34. The molecule has 0 amide bonds. The molecule has 4 heteroatoms. The average molecular weight is 190 g/mol. The maximum Gasteiger partial charge on any atom is 0.280 e. The van der Waals surface area contributed by atoms with Crippen LogP contribution in [0, 0.1) is 0 Å². The van der Waals surface area contributed by atoms with Crippen LogP contribution in [-0.4, -0.2) is 41.5 Å². The molecule has 2 rings (SSSR count). The van der Waals surface area contributed by atoms with Gasteiger partial charge in [-0.1, -0.05) is 0 Å². The van der Waals surface area contributed by atoms with Crippen molar-refractivity contribution in [1.29, 1.82) is 0 Å². The Morgan fingerprint density at radius 2 is 1.77 bits per heavy atom. The molecule has 0 aliphatic carbocycles. The predicted octanol–water partition coefficient (Wildman–Crippen LogP) is 1.08. The summed E-state index contributed by atoms with van der Waals surface area (Å²) in [5, 5.41) is 2.86. The van der Waals surface area contributed by atoms with Gasteiger partial charge in [-0.25, -0.2) is 8.78 Å². The Hall–Kier alpha value is -0.220. The van der Waals surface area contributed by atoms with E-state index in [2.05, 4.69) is 31.0 Å². The highest BCUT2D eigenvalue weighted by atomic mass is 19.3. The first-order chi connectivity index (χ1) is 5.77. The van der Waals surface area contributed by atoms with E-state index in [0.29, 0.717) is 13.1 Å². The van der Waals surface area contributed by atoms with E-state index in [1.54, 1.807) is 0 Å². The molecular weight excluding hydrogens is 174 g/mol. The molecule has 0 atom stereocenters. The molecule has 0 radical (unpaired) electrons.